The largest absolute Gasteiger partial charge is 0.481 e. The Hall–Kier alpha value is -1.14. The van der Waals surface area contributed by atoms with Crippen molar-refractivity contribution in [1.82, 2.24) is 4.90 Å². The van der Waals surface area contributed by atoms with Crippen LogP contribution in [0.2, 0.25) is 0 Å². The maximum Gasteiger partial charge on any atom is 0.309 e. The third kappa shape index (κ3) is 10.8. The zero-order valence-corrected chi connectivity index (χ0v) is 17.3. The van der Waals surface area contributed by atoms with Gasteiger partial charge in [-0.05, 0) is 72.9 Å². The molecule has 6 nitrogen and oxygen atoms in total. The third-order valence-electron chi connectivity index (χ3n) is 5.03. The number of aliphatic carboxylic acids is 2. The fraction of sp³-hybridized carbons (Fsp3) is 0.900. The van der Waals surface area contributed by atoms with Gasteiger partial charge in [0.25, 0.3) is 0 Å². The van der Waals surface area contributed by atoms with Gasteiger partial charge >= 0.3 is 11.9 Å². The average molecular weight is 374 g/mol. The molecule has 0 saturated heterocycles. The van der Waals surface area contributed by atoms with Crippen molar-refractivity contribution in [3.63, 3.8) is 0 Å². The number of ether oxygens (including phenoxy) is 1. The average Bonchev–Trinajstić information content (AvgIpc) is 2.54. The van der Waals surface area contributed by atoms with E-state index in [2.05, 4.69) is 4.90 Å². The summed E-state index contributed by atoms with van der Waals surface area (Å²) in [4.78, 5) is 24.7. The first kappa shape index (κ1) is 24.9. The predicted molar refractivity (Wildman–Crippen MR) is 103 cm³/mol. The van der Waals surface area contributed by atoms with Gasteiger partial charge in [-0.25, -0.2) is 0 Å². The summed E-state index contributed by atoms with van der Waals surface area (Å²) in [7, 11) is 1.70. The van der Waals surface area contributed by atoms with Crippen molar-refractivity contribution in [3.05, 3.63) is 0 Å². The standard InChI is InChI=1S/C20H39NO5/c1-19(2,17(22)23)11-6-8-13-21(15-10-16-26-5)14-9-7-12-20(3,4)18(24)25/h6-16H2,1-5H3,(H,22,23)(H,24,25). The van der Waals surface area contributed by atoms with E-state index >= 15 is 0 Å². The molecule has 0 spiro atoms. The molecule has 0 aromatic carbocycles. The summed E-state index contributed by atoms with van der Waals surface area (Å²) in [5, 5.41) is 18.3. The second-order valence-electron chi connectivity index (χ2n) is 8.48. The summed E-state index contributed by atoms with van der Waals surface area (Å²) in [6.45, 7) is 10.7. The molecule has 0 saturated carbocycles. The molecule has 0 aliphatic carbocycles. The van der Waals surface area contributed by atoms with Crippen molar-refractivity contribution in [2.75, 3.05) is 33.4 Å². The Morgan fingerprint density at radius 3 is 1.50 bits per heavy atom. The molecule has 0 rings (SSSR count). The lowest BCUT2D eigenvalue weighted by Gasteiger charge is -2.24. The molecule has 0 aromatic heterocycles. The monoisotopic (exact) mass is 373 g/mol. The Kier molecular flexibility index (Phi) is 11.7. The van der Waals surface area contributed by atoms with E-state index in [1.54, 1.807) is 34.8 Å². The Bertz CT molecular complexity index is 386. The van der Waals surface area contributed by atoms with Gasteiger partial charge in [-0.3, -0.25) is 9.59 Å². The zero-order chi connectivity index (χ0) is 20.2. The Balaban J connectivity index is 4.23. The smallest absolute Gasteiger partial charge is 0.309 e. The minimum Gasteiger partial charge on any atom is -0.481 e. The van der Waals surface area contributed by atoms with Crippen LogP contribution in [-0.4, -0.2) is 60.4 Å². The number of unbranched alkanes of at least 4 members (excludes halogenated alkanes) is 2. The molecule has 0 heterocycles. The molecular weight excluding hydrogens is 334 g/mol. The van der Waals surface area contributed by atoms with Gasteiger partial charge < -0.3 is 19.8 Å². The number of nitrogens with zero attached hydrogens (tertiary/aromatic N) is 1. The topological polar surface area (TPSA) is 87.1 Å². The summed E-state index contributed by atoms with van der Waals surface area (Å²) in [6.07, 6.45) is 6.08. The van der Waals surface area contributed by atoms with Crippen molar-refractivity contribution in [1.29, 1.82) is 0 Å². The lowest BCUT2D eigenvalue weighted by atomic mass is 9.87. The zero-order valence-electron chi connectivity index (χ0n) is 17.3. The van der Waals surface area contributed by atoms with Gasteiger partial charge in [0.1, 0.15) is 0 Å². The molecule has 2 N–H and O–H groups in total. The highest BCUT2D eigenvalue weighted by Crippen LogP contribution is 2.24. The van der Waals surface area contributed by atoms with Crippen molar-refractivity contribution in [2.24, 2.45) is 10.8 Å². The van der Waals surface area contributed by atoms with Crippen LogP contribution in [0, 0.1) is 10.8 Å². The number of methoxy groups -OCH3 is 1. The first-order chi connectivity index (χ1) is 12.0. The van der Waals surface area contributed by atoms with Crippen molar-refractivity contribution >= 4 is 11.9 Å². The summed E-state index contributed by atoms with van der Waals surface area (Å²) in [5.41, 5.74) is -1.33. The Morgan fingerprint density at radius 2 is 1.15 bits per heavy atom. The summed E-state index contributed by atoms with van der Waals surface area (Å²) in [5.74, 6) is -1.48. The highest BCUT2D eigenvalue weighted by Gasteiger charge is 2.27. The molecule has 0 aliphatic rings. The number of rotatable bonds is 16. The maximum atomic E-state index is 11.2. The van der Waals surface area contributed by atoms with Crippen LogP contribution in [0.5, 0.6) is 0 Å². The van der Waals surface area contributed by atoms with Gasteiger partial charge in [0.05, 0.1) is 10.8 Å². The van der Waals surface area contributed by atoms with Crippen LogP contribution in [0.3, 0.4) is 0 Å². The van der Waals surface area contributed by atoms with Crippen LogP contribution >= 0.6 is 0 Å². The van der Waals surface area contributed by atoms with Crippen LogP contribution in [-0.2, 0) is 14.3 Å². The first-order valence-corrected chi connectivity index (χ1v) is 9.71. The van der Waals surface area contributed by atoms with E-state index in [1.165, 1.54) is 0 Å². The van der Waals surface area contributed by atoms with E-state index in [0.29, 0.717) is 12.8 Å². The number of carboxylic acid groups (broad SMARTS) is 2. The number of hydrogen-bond acceptors (Lipinski definition) is 4. The second-order valence-corrected chi connectivity index (χ2v) is 8.48. The van der Waals surface area contributed by atoms with E-state index in [-0.39, 0.29) is 0 Å². The molecule has 0 amide bonds. The lowest BCUT2D eigenvalue weighted by molar-refractivity contribution is -0.148. The van der Waals surface area contributed by atoms with Crippen LogP contribution in [0.15, 0.2) is 0 Å². The molecule has 0 aliphatic heterocycles. The number of carboxylic acids is 2. The second kappa shape index (κ2) is 12.3. The molecule has 0 unspecified atom stereocenters. The van der Waals surface area contributed by atoms with Gasteiger partial charge in [-0.2, -0.15) is 0 Å². The molecule has 6 heteroatoms. The van der Waals surface area contributed by atoms with Crippen LogP contribution in [0.25, 0.3) is 0 Å². The quantitative estimate of drug-likeness (QED) is 0.399. The molecule has 0 bridgehead atoms. The first-order valence-electron chi connectivity index (χ1n) is 9.71. The molecule has 0 atom stereocenters. The summed E-state index contributed by atoms with van der Waals surface area (Å²) in [6, 6.07) is 0. The molecule has 0 radical (unpaired) electrons. The Labute approximate surface area is 158 Å². The highest BCUT2D eigenvalue weighted by molar-refractivity contribution is 5.73. The van der Waals surface area contributed by atoms with Crippen LogP contribution < -0.4 is 0 Å². The van der Waals surface area contributed by atoms with Gasteiger partial charge in [-0.1, -0.05) is 12.8 Å². The maximum absolute atomic E-state index is 11.2. The van der Waals surface area contributed by atoms with E-state index in [1.807, 2.05) is 0 Å². The van der Waals surface area contributed by atoms with Gasteiger partial charge in [0.15, 0.2) is 0 Å². The molecule has 0 fully saturated rings. The molecule has 154 valence electrons. The minimum absolute atomic E-state index is 0.663. The van der Waals surface area contributed by atoms with E-state index in [9.17, 15) is 19.8 Å². The van der Waals surface area contributed by atoms with E-state index < -0.39 is 22.8 Å². The van der Waals surface area contributed by atoms with Gasteiger partial charge in [-0.15, -0.1) is 0 Å². The fourth-order valence-corrected chi connectivity index (χ4v) is 2.79. The highest BCUT2D eigenvalue weighted by atomic mass is 16.5. The minimum atomic E-state index is -0.740. The number of hydrogen-bond donors (Lipinski definition) is 2. The number of carbonyl (C=O) groups is 2. The normalized spacial score (nSPS) is 12.5. The lowest BCUT2D eigenvalue weighted by Crippen LogP contribution is -2.29. The molecular formula is C20H39NO5. The summed E-state index contributed by atoms with van der Waals surface area (Å²) < 4.78 is 5.13. The third-order valence-corrected chi connectivity index (χ3v) is 5.03. The van der Waals surface area contributed by atoms with Crippen molar-refractivity contribution < 1.29 is 24.5 Å². The van der Waals surface area contributed by atoms with Crippen molar-refractivity contribution in [2.45, 2.75) is 72.6 Å². The SMILES string of the molecule is COCCCN(CCCCC(C)(C)C(=O)O)CCCCC(C)(C)C(=O)O. The fourth-order valence-electron chi connectivity index (χ4n) is 2.79. The predicted octanol–water partition coefficient (Wildman–Crippen LogP) is 3.89. The molecule has 0 aromatic rings. The van der Waals surface area contributed by atoms with Crippen molar-refractivity contribution in [3.8, 4) is 0 Å². The van der Waals surface area contributed by atoms with E-state index in [0.717, 1.165) is 58.3 Å². The van der Waals surface area contributed by atoms with Crippen LogP contribution in [0.1, 0.15) is 72.6 Å². The Morgan fingerprint density at radius 1 is 0.769 bits per heavy atom. The van der Waals surface area contributed by atoms with E-state index in [4.69, 9.17) is 4.74 Å². The van der Waals surface area contributed by atoms with Gasteiger partial charge in [0.2, 0.25) is 0 Å². The van der Waals surface area contributed by atoms with Gasteiger partial charge in [0, 0.05) is 20.3 Å². The summed E-state index contributed by atoms with van der Waals surface area (Å²) >= 11 is 0. The van der Waals surface area contributed by atoms with Crippen LogP contribution in [0.4, 0.5) is 0 Å². The molecule has 26 heavy (non-hydrogen) atoms.